The van der Waals surface area contributed by atoms with Crippen LogP contribution in [0.4, 0.5) is 16.3 Å². The fourth-order valence-electron chi connectivity index (χ4n) is 2.22. The maximum Gasteiger partial charge on any atom is 0.314 e. The molecule has 1 aliphatic rings. The van der Waals surface area contributed by atoms with Crippen molar-refractivity contribution in [2.24, 2.45) is 5.73 Å². The fraction of sp³-hybridized carbons (Fsp3) is 0.538. The SMILES string of the molecule is CN(C)c1ccc(NC2CCN(C(N)=O)CC2)cn1. The number of likely N-dealkylation sites (tertiary alicyclic amines) is 1. The van der Waals surface area contributed by atoms with Gasteiger partial charge in [0.1, 0.15) is 5.82 Å². The van der Waals surface area contributed by atoms with Crippen molar-refractivity contribution in [1.82, 2.24) is 9.88 Å². The summed E-state index contributed by atoms with van der Waals surface area (Å²) in [6, 6.07) is 4.07. The zero-order valence-corrected chi connectivity index (χ0v) is 11.5. The monoisotopic (exact) mass is 263 g/mol. The molecule has 1 aromatic heterocycles. The van der Waals surface area contributed by atoms with Crippen molar-refractivity contribution in [3.8, 4) is 0 Å². The molecule has 2 amide bonds. The van der Waals surface area contributed by atoms with E-state index in [-0.39, 0.29) is 6.03 Å². The van der Waals surface area contributed by atoms with E-state index >= 15 is 0 Å². The number of primary amides is 1. The lowest BCUT2D eigenvalue weighted by Gasteiger charge is -2.31. The summed E-state index contributed by atoms with van der Waals surface area (Å²) in [6.45, 7) is 1.44. The van der Waals surface area contributed by atoms with Gasteiger partial charge in [0.05, 0.1) is 11.9 Å². The number of pyridine rings is 1. The van der Waals surface area contributed by atoms with Gasteiger partial charge in [-0.3, -0.25) is 0 Å². The molecule has 0 unspecified atom stereocenters. The Hall–Kier alpha value is -1.98. The third kappa shape index (κ3) is 3.49. The molecule has 104 valence electrons. The van der Waals surface area contributed by atoms with Crippen LogP contribution in [0.15, 0.2) is 18.3 Å². The number of nitrogens with one attached hydrogen (secondary N) is 1. The Morgan fingerprint density at radius 2 is 2.11 bits per heavy atom. The molecule has 2 heterocycles. The highest BCUT2D eigenvalue weighted by Crippen LogP contribution is 2.17. The van der Waals surface area contributed by atoms with E-state index in [2.05, 4.69) is 10.3 Å². The lowest BCUT2D eigenvalue weighted by Crippen LogP contribution is -2.44. The number of nitrogens with zero attached hydrogens (tertiary/aromatic N) is 3. The van der Waals surface area contributed by atoms with E-state index in [1.807, 2.05) is 37.3 Å². The normalized spacial score (nSPS) is 16.2. The van der Waals surface area contributed by atoms with Gasteiger partial charge in [-0.15, -0.1) is 0 Å². The Kier molecular flexibility index (Phi) is 4.09. The van der Waals surface area contributed by atoms with Crippen LogP contribution in [0.25, 0.3) is 0 Å². The van der Waals surface area contributed by atoms with Crippen molar-refractivity contribution < 1.29 is 4.79 Å². The topological polar surface area (TPSA) is 74.5 Å². The molecule has 1 aromatic rings. The molecule has 1 aliphatic heterocycles. The van der Waals surface area contributed by atoms with Crippen molar-refractivity contribution in [3.63, 3.8) is 0 Å². The molecule has 0 atom stereocenters. The van der Waals surface area contributed by atoms with Crippen LogP contribution in [0.1, 0.15) is 12.8 Å². The van der Waals surface area contributed by atoms with Crippen LogP contribution in [0.2, 0.25) is 0 Å². The Morgan fingerprint density at radius 1 is 1.42 bits per heavy atom. The second-order valence-electron chi connectivity index (χ2n) is 5.04. The van der Waals surface area contributed by atoms with E-state index in [0.717, 1.165) is 37.4 Å². The smallest absolute Gasteiger partial charge is 0.314 e. The molecule has 6 heteroatoms. The van der Waals surface area contributed by atoms with E-state index in [1.54, 1.807) is 4.90 Å². The van der Waals surface area contributed by atoms with Gasteiger partial charge in [-0.25, -0.2) is 9.78 Å². The first-order valence-corrected chi connectivity index (χ1v) is 6.50. The Bertz CT molecular complexity index is 423. The second-order valence-corrected chi connectivity index (χ2v) is 5.04. The first-order chi connectivity index (χ1) is 9.06. The van der Waals surface area contributed by atoms with Crippen molar-refractivity contribution >= 4 is 17.5 Å². The van der Waals surface area contributed by atoms with Crippen LogP contribution in [0, 0.1) is 0 Å². The Morgan fingerprint density at radius 3 is 2.58 bits per heavy atom. The summed E-state index contributed by atoms with van der Waals surface area (Å²) in [5, 5.41) is 3.45. The molecule has 0 bridgehead atoms. The molecule has 1 saturated heterocycles. The summed E-state index contributed by atoms with van der Waals surface area (Å²) in [7, 11) is 3.93. The van der Waals surface area contributed by atoms with Gasteiger partial charge in [0.2, 0.25) is 0 Å². The molecule has 1 fully saturated rings. The maximum absolute atomic E-state index is 11.0. The van der Waals surface area contributed by atoms with Crippen LogP contribution in [0.5, 0.6) is 0 Å². The van der Waals surface area contributed by atoms with Gasteiger partial charge in [0.25, 0.3) is 0 Å². The Labute approximate surface area is 113 Å². The maximum atomic E-state index is 11.0. The average Bonchev–Trinajstić information content (AvgIpc) is 2.40. The fourth-order valence-corrected chi connectivity index (χ4v) is 2.22. The summed E-state index contributed by atoms with van der Waals surface area (Å²) in [4.78, 5) is 19.1. The van der Waals surface area contributed by atoms with Gasteiger partial charge >= 0.3 is 6.03 Å². The lowest BCUT2D eigenvalue weighted by atomic mass is 10.1. The van der Waals surface area contributed by atoms with Crippen molar-refractivity contribution in [2.75, 3.05) is 37.4 Å². The number of rotatable bonds is 3. The Balaban J connectivity index is 1.87. The lowest BCUT2D eigenvalue weighted by molar-refractivity contribution is 0.193. The van der Waals surface area contributed by atoms with Crippen molar-refractivity contribution in [1.29, 1.82) is 0 Å². The molecular formula is C13H21N5O. The second kappa shape index (κ2) is 5.77. The highest BCUT2D eigenvalue weighted by Gasteiger charge is 2.20. The van der Waals surface area contributed by atoms with Gasteiger partial charge in [-0.1, -0.05) is 0 Å². The molecule has 0 radical (unpaired) electrons. The number of aromatic nitrogens is 1. The molecule has 0 aliphatic carbocycles. The van der Waals surface area contributed by atoms with Crippen molar-refractivity contribution in [3.05, 3.63) is 18.3 Å². The average molecular weight is 263 g/mol. The third-order valence-corrected chi connectivity index (χ3v) is 3.38. The molecule has 19 heavy (non-hydrogen) atoms. The molecule has 0 aromatic carbocycles. The number of carbonyl (C=O) groups is 1. The first-order valence-electron chi connectivity index (χ1n) is 6.50. The molecule has 3 N–H and O–H groups in total. The summed E-state index contributed by atoms with van der Waals surface area (Å²) in [5.74, 6) is 0.939. The van der Waals surface area contributed by atoms with Gasteiger partial charge in [0, 0.05) is 33.2 Å². The number of piperidine rings is 1. The number of urea groups is 1. The largest absolute Gasteiger partial charge is 0.381 e. The zero-order valence-electron chi connectivity index (χ0n) is 11.5. The number of carbonyl (C=O) groups excluding carboxylic acids is 1. The quantitative estimate of drug-likeness (QED) is 0.856. The highest BCUT2D eigenvalue weighted by atomic mass is 16.2. The molecule has 6 nitrogen and oxygen atoms in total. The van der Waals surface area contributed by atoms with Gasteiger partial charge < -0.3 is 20.9 Å². The van der Waals surface area contributed by atoms with E-state index in [0.29, 0.717) is 6.04 Å². The number of hydrogen-bond donors (Lipinski definition) is 2. The number of anilines is 2. The van der Waals surface area contributed by atoms with Crippen LogP contribution < -0.4 is 16.0 Å². The predicted octanol–water partition coefficient (Wildman–Crippen LogP) is 1.10. The summed E-state index contributed by atoms with van der Waals surface area (Å²) < 4.78 is 0. The molecular weight excluding hydrogens is 242 g/mol. The van der Waals surface area contributed by atoms with Gasteiger partial charge in [-0.2, -0.15) is 0 Å². The first kappa shape index (κ1) is 13.5. The van der Waals surface area contributed by atoms with E-state index in [9.17, 15) is 4.79 Å². The standard InChI is InChI=1S/C13H21N5O/c1-17(2)12-4-3-11(9-15-12)16-10-5-7-18(8-6-10)13(14)19/h3-4,9-10,16H,5-8H2,1-2H3,(H2,14,19). The number of hydrogen-bond acceptors (Lipinski definition) is 4. The minimum Gasteiger partial charge on any atom is -0.381 e. The molecule has 2 rings (SSSR count). The molecule has 0 spiro atoms. The summed E-state index contributed by atoms with van der Waals surface area (Å²) in [6.07, 6.45) is 3.67. The van der Waals surface area contributed by atoms with Crippen molar-refractivity contribution in [2.45, 2.75) is 18.9 Å². The van der Waals surface area contributed by atoms with Crippen LogP contribution in [-0.4, -0.2) is 49.1 Å². The highest BCUT2D eigenvalue weighted by molar-refractivity contribution is 5.72. The summed E-state index contributed by atoms with van der Waals surface area (Å²) >= 11 is 0. The van der Waals surface area contributed by atoms with Crippen LogP contribution in [0.3, 0.4) is 0 Å². The third-order valence-electron chi connectivity index (χ3n) is 3.38. The van der Waals surface area contributed by atoms with Gasteiger partial charge in [-0.05, 0) is 25.0 Å². The summed E-state index contributed by atoms with van der Waals surface area (Å²) in [5.41, 5.74) is 6.28. The zero-order chi connectivity index (χ0) is 13.8. The molecule has 0 saturated carbocycles. The van der Waals surface area contributed by atoms with E-state index in [1.165, 1.54) is 0 Å². The predicted molar refractivity (Wildman–Crippen MR) is 76.4 cm³/mol. The minimum atomic E-state index is -0.324. The van der Waals surface area contributed by atoms with Crippen LogP contribution >= 0.6 is 0 Å². The van der Waals surface area contributed by atoms with Crippen LogP contribution in [-0.2, 0) is 0 Å². The number of nitrogens with two attached hydrogens (primary N) is 1. The van der Waals surface area contributed by atoms with Gasteiger partial charge in [0.15, 0.2) is 0 Å². The van der Waals surface area contributed by atoms with E-state index in [4.69, 9.17) is 5.73 Å². The van der Waals surface area contributed by atoms with E-state index < -0.39 is 0 Å². The number of amides is 2. The minimum absolute atomic E-state index is 0.324.